The standard InChI is InChI=1S/C21H21N3O5S3/c1-22(2)32(28,29)16-7-8-17-14(11-16)5-3-9-23(17)19(25)13-24-20(26)18(31-21(24)27)12-15-6-4-10-30-15/h4,6-8,10-12H,3,5,9,13H2,1-2H3/b18-12-. The Balaban J connectivity index is 1.54. The molecule has 0 radical (unpaired) electrons. The molecular formula is C21H21N3O5S3. The third kappa shape index (κ3) is 4.25. The van der Waals surface area contributed by atoms with Crippen LogP contribution in [-0.4, -0.2) is 61.9 Å². The van der Waals surface area contributed by atoms with Crippen molar-refractivity contribution in [3.63, 3.8) is 0 Å². The topological polar surface area (TPSA) is 95.1 Å². The van der Waals surface area contributed by atoms with Crippen LogP contribution in [0.3, 0.4) is 0 Å². The Morgan fingerprint density at radius 1 is 1.22 bits per heavy atom. The Morgan fingerprint density at radius 3 is 2.69 bits per heavy atom. The van der Waals surface area contributed by atoms with Crippen LogP contribution in [0.1, 0.15) is 16.9 Å². The molecule has 2 aliphatic rings. The van der Waals surface area contributed by atoms with Gasteiger partial charge in [-0.05, 0) is 65.9 Å². The summed E-state index contributed by atoms with van der Waals surface area (Å²) in [5, 5.41) is 1.40. The van der Waals surface area contributed by atoms with E-state index in [1.165, 1.54) is 36.4 Å². The Hall–Kier alpha value is -2.47. The van der Waals surface area contributed by atoms with Gasteiger partial charge in [-0.15, -0.1) is 11.3 Å². The van der Waals surface area contributed by atoms with Crippen LogP contribution in [-0.2, 0) is 26.0 Å². The van der Waals surface area contributed by atoms with Gasteiger partial charge in [-0.3, -0.25) is 19.3 Å². The summed E-state index contributed by atoms with van der Waals surface area (Å²) < 4.78 is 26.0. The number of thioether (sulfide) groups is 1. The maximum Gasteiger partial charge on any atom is 0.294 e. The minimum atomic E-state index is -3.58. The van der Waals surface area contributed by atoms with E-state index in [2.05, 4.69) is 0 Å². The molecule has 1 aromatic carbocycles. The Morgan fingerprint density at radius 2 is 2.00 bits per heavy atom. The van der Waals surface area contributed by atoms with Crippen LogP contribution >= 0.6 is 23.1 Å². The van der Waals surface area contributed by atoms with Crippen LogP contribution in [0, 0.1) is 0 Å². The van der Waals surface area contributed by atoms with E-state index in [0.29, 0.717) is 30.0 Å². The number of thiophene rings is 1. The molecule has 168 valence electrons. The Labute approximate surface area is 194 Å². The summed E-state index contributed by atoms with van der Waals surface area (Å²) in [6, 6.07) is 8.39. The number of sulfonamides is 1. The lowest BCUT2D eigenvalue weighted by molar-refractivity contribution is -0.128. The maximum atomic E-state index is 13.0. The van der Waals surface area contributed by atoms with Gasteiger partial charge < -0.3 is 4.90 Å². The molecule has 0 spiro atoms. The van der Waals surface area contributed by atoms with Crippen LogP contribution < -0.4 is 4.90 Å². The highest BCUT2D eigenvalue weighted by Crippen LogP contribution is 2.34. The van der Waals surface area contributed by atoms with Gasteiger partial charge in [0.25, 0.3) is 11.1 Å². The van der Waals surface area contributed by atoms with Crippen molar-refractivity contribution >= 4 is 61.9 Å². The third-order valence-corrected chi connectivity index (χ3v) is 8.77. The van der Waals surface area contributed by atoms with Crippen molar-refractivity contribution in [1.29, 1.82) is 0 Å². The van der Waals surface area contributed by atoms with Crippen molar-refractivity contribution in [2.75, 3.05) is 32.1 Å². The molecule has 2 aliphatic heterocycles. The molecule has 8 nitrogen and oxygen atoms in total. The monoisotopic (exact) mass is 491 g/mol. The molecular weight excluding hydrogens is 470 g/mol. The number of amides is 3. The lowest BCUT2D eigenvalue weighted by Gasteiger charge is -2.31. The second-order valence-corrected chi connectivity index (χ2v) is 11.6. The van der Waals surface area contributed by atoms with E-state index in [1.54, 1.807) is 18.2 Å². The van der Waals surface area contributed by atoms with Crippen molar-refractivity contribution in [1.82, 2.24) is 9.21 Å². The molecule has 0 unspecified atom stereocenters. The fourth-order valence-corrected chi connectivity index (χ4v) is 6.08. The van der Waals surface area contributed by atoms with Crippen molar-refractivity contribution in [2.45, 2.75) is 17.7 Å². The van der Waals surface area contributed by atoms with E-state index < -0.39 is 21.2 Å². The summed E-state index contributed by atoms with van der Waals surface area (Å²) in [6.45, 7) is 0.0799. The van der Waals surface area contributed by atoms with Gasteiger partial charge in [-0.2, -0.15) is 0 Å². The van der Waals surface area contributed by atoms with E-state index in [4.69, 9.17) is 0 Å². The number of anilines is 1. The number of benzene rings is 1. The van der Waals surface area contributed by atoms with Gasteiger partial charge in [0, 0.05) is 31.2 Å². The van der Waals surface area contributed by atoms with Crippen molar-refractivity contribution < 1.29 is 22.8 Å². The number of nitrogens with zero attached hydrogens (tertiary/aromatic N) is 3. The quantitative estimate of drug-likeness (QED) is 0.597. The lowest BCUT2D eigenvalue weighted by atomic mass is 10.0. The van der Waals surface area contributed by atoms with Crippen molar-refractivity contribution in [2.24, 2.45) is 0 Å². The van der Waals surface area contributed by atoms with Crippen molar-refractivity contribution in [3.8, 4) is 0 Å². The molecule has 11 heteroatoms. The van der Waals surface area contributed by atoms with E-state index in [1.807, 2.05) is 17.5 Å². The number of carbonyl (C=O) groups is 3. The Kier molecular flexibility index (Phi) is 6.26. The second-order valence-electron chi connectivity index (χ2n) is 7.51. The van der Waals surface area contributed by atoms with Crippen molar-refractivity contribution in [3.05, 3.63) is 51.1 Å². The molecule has 1 saturated heterocycles. The van der Waals surface area contributed by atoms with Gasteiger partial charge >= 0.3 is 0 Å². The Bertz CT molecular complexity index is 1220. The fraction of sp³-hybridized carbons (Fsp3) is 0.286. The number of imide groups is 1. The van der Waals surface area contributed by atoms with Gasteiger partial charge in [-0.25, -0.2) is 12.7 Å². The molecule has 4 rings (SSSR count). The summed E-state index contributed by atoms with van der Waals surface area (Å²) in [5.41, 5.74) is 1.36. The maximum absolute atomic E-state index is 13.0. The molecule has 2 aromatic rings. The summed E-state index contributed by atoms with van der Waals surface area (Å²) >= 11 is 2.28. The number of rotatable bonds is 5. The summed E-state index contributed by atoms with van der Waals surface area (Å²) in [7, 11) is -0.653. The number of aryl methyl sites for hydroxylation is 1. The highest BCUT2D eigenvalue weighted by Gasteiger charge is 2.38. The number of fused-ring (bicyclic) bond motifs is 1. The average molecular weight is 492 g/mol. The zero-order chi connectivity index (χ0) is 23.0. The number of hydrogen-bond donors (Lipinski definition) is 0. The molecule has 3 amide bonds. The first-order chi connectivity index (χ1) is 15.2. The summed E-state index contributed by atoms with van der Waals surface area (Å²) in [4.78, 5) is 42.0. The van der Waals surface area contributed by atoms with E-state index >= 15 is 0 Å². The molecule has 1 fully saturated rings. The predicted molar refractivity (Wildman–Crippen MR) is 125 cm³/mol. The van der Waals surface area contributed by atoms with Crippen LogP contribution in [0.5, 0.6) is 0 Å². The molecule has 1 aromatic heterocycles. The smallest absolute Gasteiger partial charge is 0.294 e. The minimum Gasteiger partial charge on any atom is -0.311 e. The lowest BCUT2D eigenvalue weighted by Crippen LogP contribution is -2.44. The predicted octanol–water partition coefficient (Wildman–Crippen LogP) is 3.01. The van der Waals surface area contributed by atoms with Gasteiger partial charge in [0.15, 0.2) is 0 Å². The van der Waals surface area contributed by atoms with Gasteiger partial charge in [-0.1, -0.05) is 6.07 Å². The van der Waals surface area contributed by atoms with Crippen LogP contribution in [0.25, 0.3) is 6.08 Å². The number of hydrogen-bond acceptors (Lipinski definition) is 7. The molecule has 32 heavy (non-hydrogen) atoms. The first kappa shape index (κ1) is 22.7. The average Bonchev–Trinajstić information content (AvgIpc) is 3.36. The van der Waals surface area contributed by atoms with E-state index in [9.17, 15) is 22.8 Å². The van der Waals surface area contributed by atoms with Crippen LogP contribution in [0.15, 0.2) is 45.5 Å². The van der Waals surface area contributed by atoms with Crippen LogP contribution in [0.2, 0.25) is 0 Å². The largest absolute Gasteiger partial charge is 0.311 e. The van der Waals surface area contributed by atoms with Gasteiger partial charge in [0.05, 0.1) is 9.80 Å². The second kappa shape index (κ2) is 8.81. The molecule has 0 saturated carbocycles. The first-order valence-electron chi connectivity index (χ1n) is 9.83. The molecule has 0 atom stereocenters. The van der Waals surface area contributed by atoms with Crippen LogP contribution in [0.4, 0.5) is 10.5 Å². The fourth-order valence-electron chi connectivity index (χ4n) is 3.56. The molecule has 0 bridgehead atoms. The highest BCUT2D eigenvalue weighted by molar-refractivity contribution is 8.18. The summed E-state index contributed by atoms with van der Waals surface area (Å²) in [6.07, 6.45) is 2.95. The zero-order valence-electron chi connectivity index (χ0n) is 17.5. The normalized spacial score (nSPS) is 18.0. The first-order valence-corrected chi connectivity index (χ1v) is 13.0. The van der Waals surface area contributed by atoms with Gasteiger partial charge in [0.1, 0.15) is 6.54 Å². The molecule has 0 aliphatic carbocycles. The van der Waals surface area contributed by atoms with Gasteiger partial charge in [0.2, 0.25) is 15.9 Å². The zero-order valence-corrected chi connectivity index (χ0v) is 19.9. The number of carbonyl (C=O) groups excluding carboxylic acids is 3. The molecule has 0 N–H and O–H groups in total. The third-order valence-electron chi connectivity index (χ3n) is 5.23. The van der Waals surface area contributed by atoms with E-state index in [-0.39, 0.29) is 17.3 Å². The minimum absolute atomic E-state index is 0.167. The SMILES string of the molecule is CN(C)S(=O)(=O)c1ccc2c(c1)CCCN2C(=O)CN1C(=O)S/C(=C\c2cccs2)C1=O. The summed E-state index contributed by atoms with van der Waals surface area (Å²) in [5.74, 6) is -0.861. The molecule has 3 heterocycles. The highest BCUT2D eigenvalue weighted by atomic mass is 32.2. The van der Waals surface area contributed by atoms with E-state index in [0.717, 1.165) is 31.4 Å².